The second-order valence-corrected chi connectivity index (χ2v) is 6.19. The largest absolute Gasteiger partial charge is 0.497 e. The number of hydrogen-bond donors (Lipinski definition) is 0. The Bertz CT molecular complexity index is 755. The fourth-order valence-electron chi connectivity index (χ4n) is 2.76. The first-order valence-electron chi connectivity index (χ1n) is 7.78. The molecule has 24 heavy (non-hydrogen) atoms. The van der Waals surface area contributed by atoms with Crippen molar-refractivity contribution in [3.8, 4) is 11.5 Å². The minimum atomic E-state index is 0.785. The van der Waals surface area contributed by atoms with E-state index in [1.54, 1.807) is 26.0 Å². The van der Waals surface area contributed by atoms with Gasteiger partial charge in [0.15, 0.2) is 5.16 Å². The van der Waals surface area contributed by atoms with Crippen molar-refractivity contribution in [1.29, 1.82) is 0 Å². The van der Waals surface area contributed by atoms with E-state index >= 15 is 0 Å². The molecule has 3 rings (SSSR count). The monoisotopic (exact) mass is 343 g/mol. The minimum absolute atomic E-state index is 0.785. The third-order valence-electron chi connectivity index (χ3n) is 4.05. The van der Waals surface area contributed by atoms with Gasteiger partial charge in [-0.15, -0.1) is 0 Å². The number of fused-ring (bicyclic) bond motifs is 1. The SMILES string of the molecule is CCN1CC(c2cc(OC)cc(OC)c2)=Cc2cnc(SC)nc21. The van der Waals surface area contributed by atoms with E-state index in [0.29, 0.717) is 0 Å². The lowest BCUT2D eigenvalue weighted by Crippen LogP contribution is -2.29. The standard InChI is InChI=1S/C18H21N3O2S/c1-5-21-11-14(6-13-10-19-18(24-4)20-17(13)21)12-7-15(22-2)9-16(8-12)23-3/h6-10H,5,11H2,1-4H3. The maximum absolute atomic E-state index is 5.39. The number of nitrogens with zero attached hydrogens (tertiary/aromatic N) is 3. The van der Waals surface area contributed by atoms with E-state index in [-0.39, 0.29) is 0 Å². The average molecular weight is 343 g/mol. The molecule has 5 nitrogen and oxygen atoms in total. The molecule has 1 aromatic carbocycles. The quantitative estimate of drug-likeness (QED) is 0.611. The van der Waals surface area contributed by atoms with E-state index in [9.17, 15) is 0 Å². The van der Waals surface area contributed by atoms with Gasteiger partial charge in [0.2, 0.25) is 0 Å². The molecule has 0 amide bonds. The van der Waals surface area contributed by atoms with Crippen LogP contribution in [0.15, 0.2) is 29.6 Å². The molecule has 0 saturated heterocycles. The van der Waals surface area contributed by atoms with Crippen LogP contribution in [0.3, 0.4) is 0 Å². The summed E-state index contributed by atoms with van der Waals surface area (Å²) in [4.78, 5) is 11.3. The number of ether oxygens (including phenoxy) is 2. The zero-order valence-corrected chi connectivity index (χ0v) is 15.2. The van der Waals surface area contributed by atoms with Gasteiger partial charge in [-0.25, -0.2) is 9.97 Å². The van der Waals surface area contributed by atoms with Crippen LogP contribution in [0.25, 0.3) is 11.6 Å². The first-order chi connectivity index (χ1) is 11.7. The Balaban J connectivity index is 2.07. The highest BCUT2D eigenvalue weighted by Gasteiger charge is 2.21. The third kappa shape index (κ3) is 3.19. The summed E-state index contributed by atoms with van der Waals surface area (Å²) in [7, 11) is 3.33. The molecule has 1 aromatic heterocycles. The van der Waals surface area contributed by atoms with Crippen LogP contribution in [0.4, 0.5) is 5.82 Å². The molecule has 0 atom stereocenters. The average Bonchev–Trinajstić information content (AvgIpc) is 2.65. The van der Waals surface area contributed by atoms with Crippen molar-refractivity contribution in [2.45, 2.75) is 12.1 Å². The van der Waals surface area contributed by atoms with Gasteiger partial charge >= 0.3 is 0 Å². The molecule has 126 valence electrons. The Hall–Kier alpha value is -2.21. The molecule has 6 heteroatoms. The Morgan fingerprint density at radius 1 is 1.17 bits per heavy atom. The summed E-state index contributed by atoms with van der Waals surface area (Å²) in [5, 5.41) is 0.798. The molecule has 0 radical (unpaired) electrons. The van der Waals surface area contributed by atoms with Crippen LogP contribution in [0.2, 0.25) is 0 Å². The Morgan fingerprint density at radius 3 is 2.46 bits per heavy atom. The van der Waals surface area contributed by atoms with Crippen molar-refractivity contribution in [3.05, 3.63) is 35.5 Å². The molecule has 0 aliphatic carbocycles. The van der Waals surface area contributed by atoms with E-state index in [1.807, 2.05) is 30.7 Å². The van der Waals surface area contributed by atoms with Gasteiger partial charge in [0.05, 0.1) is 14.2 Å². The smallest absolute Gasteiger partial charge is 0.189 e. The van der Waals surface area contributed by atoms with Crippen LogP contribution >= 0.6 is 11.8 Å². The summed E-state index contributed by atoms with van der Waals surface area (Å²) in [6.07, 6.45) is 6.04. The number of rotatable bonds is 5. The normalized spacial score (nSPS) is 13.3. The molecule has 2 aromatic rings. The van der Waals surface area contributed by atoms with Gasteiger partial charge in [-0.3, -0.25) is 0 Å². The number of aromatic nitrogens is 2. The predicted octanol–water partition coefficient (Wildman–Crippen LogP) is 3.60. The van der Waals surface area contributed by atoms with Gasteiger partial charge < -0.3 is 14.4 Å². The highest BCUT2D eigenvalue weighted by atomic mass is 32.2. The molecule has 0 spiro atoms. The summed E-state index contributed by atoms with van der Waals surface area (Å²) in [5.41, 5.74) is 3.32. The third-order valence-corrected chi connectivity index (χ3v) is 4.61. The fourth-order valence-corrected chi connectivity index (χ4v) is 3.10. The zero-order valence-electron chi connectivity index (χ0n) is 14.4. The van der Waals surface area contributed by atoms with Crippen molar-refractivity contribution < 1.29 is 9.47 Å². The van der Waals surface area contributed by atoms with E-state index in [0.717, 1.165) is 46.7 Å². The highest BCUT2D eigenvalue weighted by Crippen LogP contribution is 2.34. The zero-order chi connectivity index (χ0) is 17.1. The molecular weight excluding hydrogens is 322 g/mol. The lowest BCUT2D eigenvalue weighted by atomic mass is 9.99. The molecule has 0 fully saturated rings. The number of benzene rings is 1. The van der Waals surface area contributed by atoms with E-state index in [2.05, 4.69) is 27.9 Å². The van der Waals surface area contributed by atoms with Crippen molar-refractivity contribution in [1.82, 2.24) is 9.97 Å². The number of likely N-dealkylation sites (N-methyl/N-ethyl adjacent to an activating group) is 1. The summed E-state index contributed by atoms with van der Waals surface area (Å²) in [6.45, 7) is 3.82. The van der Waals surface area contributed by atoms with Crippen LogP contribution in [0, 0.1) is 0 Å². The Morgan fingerprint density at radius 2 is 1.88 bits per heavy atom. The summed E-state index contributed by atoms with van der Waals surface area (Å²) in [5.74, 6) is 2.57. The number of thioether (sulfide) groups is 1. The van der Waals surface area contributed by atoms with E-state index < -0.39 is 0 Å². The number of methoxy groups -OCH3 is 2. The van der Waals surface area contributed by atoms with Crippen LogP contribution in [0.1, 0.15) is 18.1 Å². The first kappa shape index (κ1) is 16.6. The number of anilines is 1. The van der Waals surface area contributed by atoms with Crippen molar-refractivity contribution >= 4 is 29.2 Å². The maximum atomic E-state index is 5.39. The summed E-state index contributed by atoms with van der Waals surface area (Å²) in [6, 6.07) is 5.95. The van der Waals surface area contributed by atoms with Gasteiger partial charge in [-0.05, 0) is 42.5 Å². The lowest BCUT2D eigenvalue weighted by molar-refractivity contribution is 0.394. The highest BCUT2D eigenvalue weighted by molar-refractivity contribution is 7.98. The maximum Gasteiger partial charge on any atom is 0.189 e. The van der Waals surface area contributed by atoms with Crippen molar-refractivity contribution in [2.75, 3.05) is 38.5 Å². The summed E-state index contributed by atoms with van der Waals surface area (Å²) >= 11 is 1.56. The Kier molecular flexibility index (Phi) is 4.94. The second kappa shape index (κ2) is 7.13. The van der Waals surface area contributed by atoms with E-state index in [4.69, 9.17) is 9.47 Å². The van der Waals surface area contributed by atoms with E-state index in [1.165, 1.54) is 5.57 Å². The van der Waals surface area contributed by atoms with Gasteiger partial charge in [-0.2, -0.15) is 0 Å². The predicted molar refractivity (Wildman–Crippen MR) is 99.1 cm³/mol. The number of hydrogen-bond acceptors (Lipinski definition) is 6. The van der Waals surface area contributed by atoms with Crippen LogP contribution in [0.5, 0.6) is 11.5 Å². The molecule has 0 saturated carbocycles. The molecule has 0 N–H and O–H groups in total. The molecule has 1 aliphatic heterocycles. The van der Waals surface area contributed by atoms with Gasteiger partial charge in [-0.1, -0.05) is 11.8 Å². The second-order valence-electron chi connectivity index (χ2n) is 5.42. The van der Waals surface area contributed by atoms with Gasteiger partial charge in [0, 0.05) is 30.9 Å². The van der Waals surface area contributed by atoms with Crippen molar-refractivity contribution in [2.24, 2.45) is 0 Å². The van der Waals surface area contributed by atoms with Crippen molar-refractivity contribution in [3.63, 3.8) is 0 Å². The molecule has 2 heterocycles. The Labute approximate surface area is 146 Å². The fraction of sp³-hybridized carbons (Fsp3) is 0.333. The molecule has 1 aliphatic rings. The minimum Gasteiger partial charge on any atom is -0.497 e. The van der Waals surface area contributed by atoms with Crippen LogP contribution < -0.4 is 14.4 Å². The van der Waals surface area contributed by atoms with Gasteiger partial charge in [0.1, 0.15) is 17.3 Å². The first-order valence-corrected chi connectivity index (χ1v) is 9.01. The molecule has 0 unspecified atom stereocenters. The van der Waals surface area contributed by atoms with Gasteiger partial charge in [0.25, 0.3) is 0 Å². The summed E-state index contributed by atoms with van der Waals surface area (Å²) < 4.78 is 10.8. The van der Waals surface area contributed by atoms with Crippen LogP contribution in [-0.2, 0) is 0 Å². The molecular formula is C18H21N3O2S. The molecule has 0 bridgehead atoms. The topological polar surface area (TPSA) is 47.5 Å². The lowest BCUT2D eigenvalue weighted by Gasteiger charge is -2.29. The van der Waals surface area contributed by atoms with Crippen LogP contribution in [-0.4, -0.2) is 43.5 Å².